The minimum atomic E-state index is 0.0835. The molecule has 0 unspecified atom stereocenters. The second kappa shape index (κ2) is 6.43. The molecule has 2 amide bonds. The van der Waals surface area contributed by atoms with Gasteiger partial charge in [-0.3, -0.25) is 0 Å². The van der Waals surface area contributed by atoms with Crippen LogP contribution in [0.25, 0.3) is 0 Å². The van der Waals surface area contributed by atoms with E-state index >= 15 is 0 Å². The van der Waals surface area contributed by atoms with Gasteiger partial charge in [0.2, 0.25) is 0 Å². The normalized spacial score (nSPS) is 16.2. The lowest BCUT2D eigenvalue weighted by Crippen LogP contribution is -2.40. The Morgan fingerprint density at radius 3 is 2.50 bits per heavy atom. The Bertz CT molecular complexity index is 395. The zero-order chi connectivity index (χ0) is 12.8. The largest absolute Gasteiger partial charge is 0.334 e. The third kappa shape index (κ3) is 3.49. The van der Waals surface area contributed by atoms with E-state index in [1.54, 1.807) is 0 Å². The topological polar surface area (TPSA) is 32.3 Å². The number of likely N-dealkylation sites (tertiary alicyclic amines) is 1. The van der Waals surface area contributed by atoms with Crippen LogP contribution in [-0.2, 0) is 6.54 Å². The molecule has 0 aromatic heterocycles. The van der Waals surface area contributed by atoms with E-state index in [4.69, 9.17) is 0 Å². The molecule has 3 heteroatoms. The van der Waals surface area contributed by atoms with E-state index in [0.29, 0.717) is 6.54 Å². The lowest BCUT2D eigenvalue weighted by Gasteiger charge is -2.21. The van der Waals surface area contributed by atoms with Crippen molar-refractivity contribution in [3.63, 3.8) is 0 Å². The molecule has 1 heterocycles. The molecule has 0 saturated carbocycles. The molecule has 1 N–H and O–H groups in total. The van der Waals surface area contributed by atoms with Gasteiger partial charge in [0, 0.05) is 19.6 Å². The second-order valence-corrected chi connectivity index (χ2v) is 4.99. The molecule has 0 aliphatic carbocycles. The SMILES string of the molecule is Cc1ccccc1CNC(=O)N1CCCCCC1. The Morgan fingerprint density at radius 2 is 1.83 bits per heavy atom. The van der Waals surface area contributed by atoms with Gasteiger partial charge in [-0.1, -0.05) is 37.1 Å². The smallest absolute Gasteiger partial charge is 0.317 e. The van der Waals surface area contributed by atoms with Crippen LogP contribution in [0, 0.1) is 6.92 Å². The molecule has 1 fully saturated rings. The molecule has 2 rings (SSSR count). The zero-order valence-corrected chi connectivity index (χ0v) is 11.1. The summed E-state index contributed by atoms with van der Waals surface area (Å²) in [5, 5.41) is 3.02. The zero-order valence-electron chi connectivity index (χ0n) is 11.1. The van der Waals surface area contributed by atoms with Crippen molar-refractivity contribution in [1.82, 2.24) is 10.2 Å². The molecule has 0 spiro atoms. The first-order valence-electron chi connectivity index (χ1n) is 6.84. The highest BCUT2D eigenvalue weighted by atomic mass is 16.2. The average Bonchev–Trinajstić information content (AvgIpc) is 2.66. The summed E-state index contributed by atoms with van der Waals surface area (Å²) >= 11 is 0. The van der Waals surface area contributed by atoms with Crippen LogP contribution in [0.1, 0.15) is 36.8 Å². The molecule has 0 radical (unpaired) electrons. The van der Waals surface area contributed by atoms with Gasteiger partial charge in [0.25, 0.3) is 0 Å². The molecule has 0 bridgehead atoms. The van der Waals surface area contributed by atoms with Crippen LogP contribution in [0.2, 0.25) is 0 Å². The number of hydrogen-bond acceptors (Lipinski definition) is 1. The highest BCUT2D eigenvalue weighted by molar-refractivity contribution is 5.74. The monoisotopic (exact) mass is 246 g/mol. The first-order chi connectivity index (χ1) is 8.77. The van der Waals surface area contributed by atoms with Gasteiger partial charge in [-0.25, -0.2) is 4.79 Å². The quantitative estimate of drug-likeness (QED) is 0.854. The standard InChI is InChI=1S/C15H22N2O/c1-13-8-4-5-9-14(13)12-16-15(18)17-10-6-2-3-7-11-17/h4-5,8-9H,2-3,6-7,10-12H2,1H3,(H,16,18). The maximum atomic E-state index is 12.1. The highest BCUT2D eigenvalue weighted by Crippen LogP contribution is 2.10. The average molecular weight is 246 g/mol. The van der Waals surface area contributed by atoms with Crippen LogP contribution in [-0.4, -0.2) is 24.0 Å². The van der Waals surface area contributed by atoms with Crippen molar-refractivity contribution in [3.05, 3.63) is 35.4 Å². The number of amides is 2. The minimum absolute atomic E-state index is 0.0835. The van der Waals surface area contributed by atoms with Gasteiger partial charge in [0.05, 0.1) is 0 Å². The van der Waals surface area contributed by atoms with Gasteiger partial charge in [0.15, 0.2) is 0 Å². The highest BCUT2D eigenvalue weighted by Gasteiger charge is 2.14. The lowest BCUT2D eigenvalue weighted by atomic mass is 10.1. The fraction of sp³-hybridized carbons (Fsp3) is 0.533. The van der Waals surface area contributed by atoms with E-state index in [-0.39, 0.29) is 6.03 Å². The molecule has 3 nitrogen and oxygen atoms in total. The molecule has 1 aromatic rings. The summed E-state index contributed by atoms with van der Waals surface area (Å²) in [7, 11) is 0. The fourth-order valence-corrected chi connectivity index (χ4v) is 2.36. The molecule has 1 saturated heterocycles. The van der Waals surface area contributed by atoms with E-state index in [2.05, 4.69) is 24.4 Å². The number of nitrogens with zero attached hydrogens (tertiary/aromatic N) is 1. The van der Waals surface area contributed by atoms with E-state index in [0.717, 1.165) is 25.9 Å². The first-order valence-corrected chi connectivity index (χ1v) is 6.84. The summed E-state index contributed by atoms with van der Waals surface area (Å²) in [4.78, 5) is 14.0. The molecule has 18 heavy (non-hydrogen) atoms. The summed E-state index contributed by atoms with van der Waals surface area (Å²) in [6.07, 6.45) is 4.78. The summed E-state index contributed by atoms with van der Waals surface area (Å²) in [6, 6.07) is 8.27. The number of rotatable bonds is 2. The Balaban J connectivity index is 1.86. The number of benzene rings is 1. The van der Waals surface area contributed by atoms with Gasteiger partial charge in [-0.05, 0) is 30.9 Å². The summed E-state index contributed by atoms with van der Waals surface area (Å²) in [5.74, 6) is 0. The minimum Gasteiger partial charge on any atom is -0.334 e. The number of carbonyl (C=O) groups is 1. The van der Waals surface area contributed by atoms with Crippen LogP contribution in [0.4, 0.5) is 4.79 Å². The van der Waals surface area contributed by atoms with Gasteiger partial charge in [-0.15, -0.1) is 0 Å². The van der Waals surface area contributed by atoms with E-state index in [1.807, 2.05) is 17.0 Å². The van der Waals surface area contributed by atoms with Crippen molar-refractivity contribution >= 4 is 6.03 Å². The van der Waals surface area contributed by atoms with Gasteiger partial charge < -0.3 is 10.2 Å². The van der Waals surface area contributed by atoms with Crippen molar-refractivity contribution in [2.45, 2.75) is 39.2 Å². The van der Waals surface area contributed by atoms with E-state index in [9.17, 15) is 4.79 Å². The molecule has 0 atom stereocenters. The molecule has 98 valence electrons. The maximum Gasteiger partial charge on any atom is 0.317 e. The van der Waals surface area contributed by atoms with Gasteiger partial charge >= 0.3 is 6.03 Å². The Morgan fingerprint density at radius 1 is 1.17 bits per heavy atom. The lowest BCUT2D eigenvalue weighted by molar-refractivity contribution is 0.199. The molecule has 1 aliphatic heterocycles. The number of carbonyl (C=O) groups excluding carboxylic acids is 1. The Kier molecular flexibility index (Phi) is 4.62. The van der Waals surface area contributed by atoms with Crippen LogP contribution in [0.3, 0.4) is 0 Å². The van der Waals surface area contributed by atoms with Crippen molar-refractivity contribution in [2.24, 2.45) is 0 Å². The predicted octanol–water partition coefficient (Wildman–Crippen LogP) is 3.08. The summed E-state index contributed by atoms with van der Waals surface area (Å²) in [5.41, 5.74) is 2.43. The third-order valence-electron chi connectivity index (χ3n) is 3.58. The summed E-state index contributed by atoms with van der Waals surface area (Å²) < 4.78 is 0. The van der Waals surface area contributed by atoms with Gasteiger partial charge in [0.1, 0.15) is 0 Å². The molecular formula is C15H22N2O. The van der Waals surface area contributed by atoms with E-state index in [1.165, 1.54) is 24.0 Å². The van der Waals surface area contributed by atoms with Crippen molar-refractivity contribution in [3.8, 4) is 0 Å². The number of hydrogen-bond donors (Lipinski definition) is 1. The van der Waals surface area contributed by atoms with Crippen molar-refractivity contribution in [2.75, 3.05) is 13.1 Å². The molecule has 1 aliphatic rings. The number of nitrogens with one attached hydrogen (secondary N) is 1. The maximum absolute atomic E-state index is 12.1. The molecular weight excluding hydrogens is 224 g/mol. The Labute approximate surface area is 109 Å². The van der Waals surface area contributed by atoms with Crippen molar-refractivity contribution in [1.29, 1.82) is 0 Å². The third-order valence-corrected chi connectivity index (χ3v) is 3.58. The fourth-order valence-electron chi connectivity index (χ4n) is 2.36. The Hall–Kier alpha value is -1.51. The summed E-state index contributed by atoms with van der Waals surface area (Å²) in [6.45, 7) is 4.51. The first kappa shape index (κ1) is 12.9. The van der Waals surface area contributed by atoms with Crippen LogP contribution >= 0.6 is 0 Å². The predicted molar refractivity (Wildman–Crippen MR) is 73.5 cm³/mol. The molecule has 1 aromatic carbocycles. The van der Waals surface area contributed by atoms with Crippen LogP contribution in [0.15, 0.2) is 24.3 Å². The second-order valence-electron chi connectivity index (χ2n) is 4.99. The number of aryl methyl sites for hydroxylation is 1. The van der Waals surface area contributed by atoms with Gasteiger partial charge in [-0.2, -0.15) is 0 Å². The number of urea groups is 1. The van der Waals surface area contributed by atoms with Crippen molar-refractivity contribution < 1.29 is 4.79 Å². The van der Waals surface area contributed by atoms with E-state index < -0.39 is 0 Å². The van der Waals surface area contributed by atoms with Crippen LogP contribution in [0.5, 0.6) is 0 Å². The van der Waals surface area contributed by atoms with Crippen LogP contribution < -0.4 is 5.32 Å².